The van der Waals surface area contributed by atoms with Gasteiger partial charge in [0.2, 0.25) is 0 Å². The Morgan fingerprint density at radius 2 is 2.09 bits per heavy atom. The largest absolute Gasteiger partial charge is 0.493 e. The third-order valence-corrected chi connectivity index (χ3v) is 7.62. The monoisotopic (exact) mass is 446 g/mol. The summed E-state index contributed by atoms with van der Waals surface area (Å²) in [7, 11) is 0. The molecule has 7 heteroatoms. The second-order valence-corrected chi connectivity index (χ2v) is 10.3. The van der Waals surface area contributed by atoms with E-state index in [2.05, 4.69) is 58.5 Å². The Bertz CT molecular complexity index is 1200. The van der Waals surface area contributed by atoms with Crippen LogP contribution in [0.4, 0.5) is 4.79 Å². The Balaban J connectivity index is 1.26. The molecule has 1 unspecified atom stereocenters. The lowest BCUT2D eigenvalue weighted by Crippen LogP contribution is -2.53. The lowest BCUT2D eigenvalue weighted by atomic mass is 9.78. The van der Waals surface area contributed by atoms with E-state index >= 15 is 0 Å². The third-order valence-electron chi connectivity index (χ3n) is 7.62. The van der Waals surface area contributed by atoms with Crippen LogP contribution in [0.2, 0.25) is 0 Å². The summed E-state index contributed by atoms with van der Waals surface area (Å²) in [6, 6.07) is 12.2. The minimum Gasteiger partial charge on any atom is -0.493 e. The first-order valence-electron chi connectivity index (χ1n) is 11.9. The van der Waals surface area contributed by atoms with E-state index in [1.165, 1.54) is 0 Å². The number of carbonyl (C=O) groups is 1. The van der Waals surface area contributed by atoms with E-state index in [0.717, 1.165) is 65.8 Å². The second kappa shape index (κ2) is 7.76. The molecule has 172 valence electrons. The van der Waals surface area contributed by atoms with Crippen LogP contribution < -0.4 is 10.1 Å². The zero-order chi connectivity index (χ0) is 22.6. The predicted molar refractivity (Wildman–Crippen MR) is 126 cm³/mol. The minimum absolute atomic E-state index is 0.00671. The van der Waals surface area contributed by atoms with Crippen molar-refractivity contribution < 1.29 is 14.3 Å². The average Bonchev–Trinajstić information content (AvgIpc) is 3.31. The second-order valence-electron chi connectivity index (χ2n) is 10.3. The molecule has 5 heterocycles. The first-order chi connectivity index (χ1) is 16.0. The summed E-state index contributed by atoms with van der Waals surface area (Å²) in [6.07, 6.45) is 3.76. The molecular formula is C26H30N4O3. The number of amides is 1. The smallest absolute Gasteiger partial charge is 0.407 e. The molecule has 7 rings (SSSR count). The van der Waals surface area contributed by atoms with E-state index in [4.69, 9.17) is 9.47 Å². The zero-order valence-corrected chi connectivity index (χ0v) is 19.1. The van der Waals surface area contributed by atoms with Gasteiger partial charge in [-0.25, -0.2) is 4.79 Å². The van der Waals surface area contributed by atoms with Crippen molar-refractivity contribution in [1.82, 2.24) is 20.4 Å². The number of hydrogen-bond acceptors (Lipinski definition) is 5. The summed E-state index contributed by atoms with van der Waals surface area (Å²) in [5, 5.41) is 11.5. The number of benzene rings is 2. The van der Waals surface area contributed by atoms with Crippen LogP contribution in [0.25, 0.3) is 22.0 Å². The molecule has 2 bridgehead atoms. The number of hydrogen-bond donors (Lipinski definition) is 2. The van der Waals surface area contributed by atoms with Crippen molar-refractivity contribution in [3.63, 3.8) is 0 Å². The highest BCUT2D eigenvalue weighted by molar-refractivity contribution is 5.94. The van der Waals surface area contributed by atoms with E-state index in [1.807, 2.05) is 18.3 Å². The van der Waals surface area contributed by atoms with Gasteiger partial charge in [-0.2, -0.15) is 5.10 Å². The molecule has 1 aromatic heterocycles. The molecule has 0 spiro atoms. The van der Waals surface area contributed by atoms with Gasteiger partial charge in [0.15, 0.2) is 0 Å². The molecule has 0 saturated carbocycles. The molecule has 7 nitrogen and oxygen atoms in total. The number of carbonyl (C=O) groups excluding carboxylic acids is 1. The van der Waals surface area contributed by atoms with Crippen LogP contribution in [0.1, 0.15) is 38.3 Å². The first kappa shape index (κ1) is 20.5. The number of fused-ring (bicyclic) bond motifs is 5. The molecule has 2 N–H and O–H groups in total. The van der Waals surface area contributed by atoms with Gasteiger partial charge < -0.3 is 14.8 Å². The maximum atomic E-state index is 13.0. The minimum atomic E-state index is -0.327. The van der Waals surface area contributed by atoms with Crippen LogP contribution in [0.15, 0.2) is 42.6 Å². The van der Waals surface area contributed by atoms with E-state index < -0.39 is 0 Å². The standard InChI is InChI=1S/C26H30N4O3/c1-26(2)15-32-22-12-17(18-4-3-5-21-20(18)13-27-29-21)6-7-19(22)24(26)28-25(31)33-23-14-30-10-8-16(23)9-11-30/h3-7,12-13,16,23-24H,8-11,14-15H2,1-2H3,(H,27,29)(H,28,31)/t23-,24?/m1/s1. The van der Waals surface area contributed by atoms with Crippen molar-refractivity contribution in [2.75, 3.05) is 26.2 Å². The molecule has 33 heavy (non-hydrogen) atoms. The van der Waals surface area contributed by atoms with Crippen molar-refractivity contribution in [2.45, 2.75) is 38.8 Å². The molecule has 3 aromatic rings. The molecule has 3 fully saturated rings. The van der Waals surface area contributed by atoms with E-state index in [9.17, 15) is 4.79 Å². The molecule has 3 saturated heterocycles. The van der Waals surface area contributed by atoms with Crippen molar-refractivity contribution >= 4 is 17.0 Å². The summed E-state index contributed by atoms with van der Waals surface area (Å²) in [4.78, 5) is 15.4. The number of ether oxygens (including phenoxy) is 2. The number of H-pyrrole nitrogens is 1. The van der Waals surface area contributed by atoms with Crippen LogP contribution in [-0.4, -0.2) is 53.5 Å². The molecule has 4 aliphatic rings. The highest BCUT2D eigenvalue weighted by atomic mass is 16.6. The summed E-state index contributed by atoms with van der Waals surface area (Å²) >= 11 is 0. The Morgan fingerprint density at radius 1 is 1.24 bits per heavy atom. The highest BCUT2D eigenvalue weighted by Gasteiger charge is 2.41. The molecule has 2 atom stereocenters. The molecule has 2 aromatic carbocycles. The quantitative estimate of drug-likeness (QED) is 0.619. The SMILES string of the molecule is CC1(C)COc2cc(-c3cccc4[nH]ncc34)ccc2C1NC(=O)O[C@@H]1CN2CCC1CC2. The van der Waals surface area contributed by atoms with Crippen LogP contribution in [0.5, 0.6) is 5.75 Å². The van der Waals surface area contributed by atoms with Crippen LogP contribution in [0, 0.1) is 11.3 Å². The van der Waals surface area contributed by atoms with Crippen LogP contribution in [0.3, 0.4) is 0 Å². The lowest BCUT2D eigenvalue weighted by molar-refractivity contribution is -0.0361. The van der Waals surface area contributed by atoms with Crippen LogP contribution in [-0.2, 0) is 4.74 Å². The molecule has 0 radical (unpaired) electrons. The lowest BCUT2D eigenvalue weighted by Gasteiger charge is -2.44. The summed E-state index contributed by atoms with van der Waals surface area (Å²) in [6.45, 7) is 7.87. The number of nitrogens with one attached hydrogen (secondary N) is 2. The van der Waals surface area contributed by atoms with Crippen molar-refractivity contribution in [1.29, 1.82) is 0 Å². The number of aromatic amines is 1. The van der Waals surface area contributed by atoms with Gasteiger partial charge in [0.25, 0.3) is 0 Å². The normalized spacial score (nSPS) is 27.6. The number of aromatic nitrogens is 2. The first-order valence-corrected chi connectivity index (χ1v) is 11.9. The van der Waals surface area contributed by atoms with Crippen molar-refractivity contribution in [3.8, 4) is 16.9 Å². The maximum Gasteiger partial charge on any atom is 0.407 e. The predicted octanol–water partition coefficient (Wildman–Crippen LogP) is 4.51. The van der Waals surface area contributed by atoms with Gasteiger partial charge in [0.05, 0.1) is 24.4 Å². The van der Waals surface area contributed by atoms with E-state index in [-0.39, 0.29) is 23.7 Å². The summed E-state index contributed by atoms with van der Waals surface area (Å²) in [5.74, 6) is 1.30. The van der Waals surface area contributed by atoms with Crippen molar-refractivity contribution in [2.24, 2.45) is 11.3 Å². The van der Waals surface area contributed by atoms with Crippen molar-refractivity contribution in [3.05, 3.63) is 48.2 Å². The van der Waals surface area contributed by atoms with Gasteiger partial charge in [0.1, 0.15) is 11.9 Å². The fourth-order valence-electron chi connectivity index (χ4n) is 5.66. The topological polar surface area (TPSA) is 79.5 Å². The fraction of sp³-hybridized carbons (Fsp3) is 0.462. The molecule has 0 aliphatic carbocycles. The number of rotatable bonds is 3. The Morgan fingerprint density at radius 3 is 2.88 bits per heavy atom. The highest BCUT2D eigenvalue weighted by Crippen LogP contribution is 2.44. The number of alkyl carbamates (subject to hydrolysis) is 1. The van der Waals surface area contributed by atoms with Gasteiger partial charge in [0, 0.05) is 22.9 Å². The zero-order valence-electron chi connectivity index (χ0n) is 19.1. The van der Waals surface area contributed by atoms with Crippen LogP contribution >= 0.6 is 0 Å². The van der Waals surface area contributed by atoms with Gasteiger partial charge in [-0.3, -0.25) is 10.00 Å². The molecular weight excluding hydrogens is 416 g/mol. The van der Waals surface area contributed by atoms with Gasteiger partial charge in [-0.15, -0.1) is 0 Å². The molecule has 1 amide bonds. The summed E-state index contributed by atoms with van der Waals surface area (Å²) < 4.78 is 12.1. The molecule has 4 aliphatic heterocycles. The Labute approximate surface area is 193 Å². The number of nitrogens with zero attached hydrogens (tertiary/aromatic N) is 2. The van der Waals surface area contributed by atoms with Gasteiger partial charge in [-0.05, 0) is 55.1 Å². The third kappa shape index (κ3) is 3.64. The average molecular weight is 447 g/mol. The Kier molecular flexibility index (Phi) is 4.83. The number of piperidine rings is 3. The fourth-order valence-corrected chi connectivity index (χ4v) is 5.66. The Hall–Kier alpha value is -3.06. The van der Waals surface area contributed by atoms with Gasteiger partial charge in [-0.1, -0.05) is 38.1 Å². The van der Waals surface area contributed by atoms with Gasteiger partial charge >= 0.3 is 6.09 Å². The van der Waals surface area contributed by atoms with E-state index in [1.54, 1.807) is 0 Å². The van der Waals surface area contributed by atoms with E-state index in [0.29, 0.717) is 12.5 Å². The summed E-state index contributed by atoms with van der Waals surface area (Å²) in [5.41, 5.74) is 3.90. The maximum absolute atomic E-state index is 13.0.